The normalized spacial score (nSPS) is 11.7. The number of hydrogen-bond donors (Lipinski definition) is 0. The molecule has 0 fully saturated rings. The molecule has 1 heteroatoms. The van der Waals surface area contributed by atoms with Gasteiger partial charge >= 0.3 is 0 Å². The van der Waals surface area contributed by atoms with Crippen molar-refractivity contribution < 1.29 is 0 Å². The largest absolute Gasteiger partial charge is 0.309 e. The van der Waals surface area contributed by atoms with Crippen molar-refractivity contribution in [3.63, 3.8) is 0 Å². The number of aromatic nitrogens is 1. The third kappa shape index (κ3) is 3.52. The Morgan fingerprint density at radius 1 is 0.302 bits per heavy atom. The van der Waals surface area contributed by atoms with Gasteiger partial charge in [-0.1, -0.05) is 146 Å². The van der Waals surface area contributed by atoms with Crippen molar-refractivity contribution in [3.8, 4) is 27.9 Å². The fraction of sp³-hybridized carbons (Fsp3) is 0. The van der Waals surface area contributed by atoms with E-state index in [1.54, 1.807) is 0 Å². The van der Waals surface area contributed by atoms with Crippen LogP contribution in [0.3, 0.4) is 0 Å². The van der Waals surface area contributed by atoms with Gasteiger partial charge in [0.25, 0.3) is 0 Å². The summed E-state index contributed by atoms with van der Waals surface area (Å²) in [6, 6.07) is 59.7. The summed E-state index contributed by atoms with van der Waals surface area (Å²) in [6.45, 7) is 0. The van der Waals surface area contributed by atoms with Crippen LogP contribution >= 0.6 is 0 Å². The quantitative estimate of drug-likeness (QED) is 0.154. The van der Waals surface area contributed by atoms with Crippen LogP contribution in [0, 0.1) is 0 Å². The lowest BCUT2D eigenvalue weighted by atomic mass is 9.83. The number of para-hydroxylation sites is 2. The Morgan fingerprint density at radius 3 is 1.30 bits per heavy atom. The Kier molecular flexibility index (Phi) is 5.27. The van der Waals surface area contributed by atoms with Crippen molar-refractivity contribution in [2.45, 2.75) is 0 Å². The highest BCUT2D eigenvalue weighted by molar-refractivity contribution is 6.29. The summed E-state index contributed by atoms with van der Waals surface area (Å²) in [5, 5.41) is 10.1. The lowest BCUT2D eigenvalue weighted by Crippen LogP contribution is -1.98. The van der Waals surface area contributed by atoms with Gasteiger partial charge in [0.05, 0.1) is 16.7 Å². The average molecular weight is 546 g/mol. The van der Waals surface area contributed by atoms with E-state index in [2.05, 4.69) is 168 Å². The maximum absolute atomic E-state index is 2.47. The van der Waals surface area contributed by atoms with Crippen LogP contribution in [0.25, 0.3) is 82.1 Å². The Morgan fingerprint density at radius 2 is 0.721 bits per heavy atom. The lowest BCUT2D eigenvalue weighted by Gasteiger charge is -2.22. The zero-order valence-corrected chi connectivity index (χ0v) is 23.5. The topological polar surface area (TPSA) is 4.93 Å². The highest BCUT2D eigenvalue weighted by Crippen LogP contribution is 2.48. The SMILES string of the molecule is c1ccc(-c2c3ccccc3c(-c3ccccc3)c3c2cc(-n2c4ccccc4c4ccccc42)c2ccccc23)cc1. The summed E-state index contributed by atoms with van der Waals surface area (Å²) in [6.07, 6.45) is 0. The highest BCUT2D eigenvalue weighted by atomic mass is 15.0. The average Bonchev–Trinajstić information content (AvgIpc) is 3.42. The molecule has 0 aliphatic heterocycles. The van der Waals surface area contributed by atoms with Crippen LogP contribution in [0.5, 0.6) is 0 Å². The van der Waals surface area contributed by atoms with Crippen LogP contribution in [0.15, 0.2) is 164 Å². The zero-order valence-electron chi connectivity index (χ0n) is 23.5. The Bertz CT molecular complexity index is 2430. The molecule has 0 bridgehead atoms. The minimum atomic E-state index is 1.20. The number of benzene rings is 8. The van der Waals surface area contributed by atoms with Gasteiger partial charge in [-0.15, -0.1) is 0 Å². The summed E-state index contributed by atoms with van der Waals surface area (Å²) in [5.74, 6) is 0. The highest BCUT2D eigenvalue weighted by Gasteiger charge is 2.22. The van der Waals surface area contributed by atoms with Crippen LogP contribution < -0.4 is 0 Å². The van der Waals surface area contributed by atoms with E-state index >= 15 is 0 Å². The molecular weight excluding hydrogens is 518 g/mol. The molecule has 0 N–H and O–H groups in total. The fourth-order valence-electron chi connectivity index (χ4n) is 7.21. The second-order valence-corrected chi connectivity index (χ2v) is 11.3. The first-order valence-corrected chi connectivity index (χ1v) is 14.9. The molecule has 1 heterocycles. The summed E-state index contributed by atoms with van der Waals surface area (Å²) >= 11 is 0. The van der Waals surface area contributed by atoms with E-state index in [1.807, 2.05) is 0 Å². The molecule has 0 radical (unpaired) electrons. The molecule has 8 aromatic carbocycles. The van der Waals surface area contributed by atoms with E-state index in [1.165, 1.54) is 82.1 Å². The zero-order chi connectivity index (χ0) is 28.3. The third-order valence-corrected chi connectivity index (χ3v) is 8.95. The molecule has 0 aliphatic rings. The molecule has 1 nitrogen and oxygen atoms in total. The minimum Gasteiger partial charge on any atom is -0.309 e. The van der Waals surface area contributed by atoms with Crippen molar-refractivity contribution in [1.29, 1.82) is 0 Å². The minimum absolute atomic E-state index is 1.20. The first kappa shape index (κ1) is 24.0. The van der Waals surface area contributed by atoms with Crippen molar-refractivity contribution >= 4 is 54.1 Å². The predicted molar refractivity (Wildman–Crippen MR) is 184 cm³/mol. The monoisotopic (exact) mass is 545 g/mol. The van der Waals surface area contributed by atoms with Gasteiger partial charge in [0.2, 0.25) is 0 Å². The number of fused-ring (bicyclic) bond motifs is 7. The first-order valence-electron chi connectivity index (χ1n) is 14.9. The molecule has 0 spiro atoms. The second kappa shape index (κ2) is 9.44. The molecule has 0 atom stereocenters. The van der Waals surface area contributed by atoms with Crippen LogP contribution in [-0.4, -0.2) is 4.57 Å². The van der Waals surface area contributed by atoms with Gasteiger partial charge in [-0.05, 0) is 67.4 Å². The van der Waals surface area contributed by atoms with E-state index in [4.69, 9.17) is 0 Å². The van der Waals surface area contributed by atoms with E-state index in [-0.39, 0.29) is 0 Å². The molecule has 200 valence electrons. The summed E-state index contributed by atoms with van der Waals surface area (Å²) < 4.78 is 2.47. The molecule has 0 unspecified atom stereocenters. The maximum atomic E-state index is 2.47. The fourth-order valence-corrected chi connectivity index (χ4v) is 7.21. The van der Waals surface area contributed by atoms with E-state index in [9.17, 15) is 0 Å². The standard InChI is InChI=1S/C42H27N/c1-3-15-28(16-4-1)40-34-23-9-10-24-35(34)41(29-17-5-2-6-18-29)42-33-22-8-7-21-32(33)39(27-36(40)42)43-37-25-13-11-19-30(37)31-20-12-14-26-38(31)43/h1-27H. The van der Waals surface area contributed by atoms with Crippen molar-refractivity contribution in [1.82, 2.24) is 4.57 Å². The molecule has 1 aromatic heterocycles. The van der Waals surface area contributed by atoms with Crippen LogP contribution in [0.4, 0.5) is 0 Å². The van der Waals surface area contributed by atoms with Crippen LogP contribution in [0.2, 0.25) is 0 Å². The molecule has 0 aliphatic carbocycles. The number of rotatable bonds is 3. The maximum Gasteiger partial charge on any atom is 0.0547 e. The predicted octanol–water partition coefficient (Wildman–Crippen LogP) is 11.6. The van der Waals surface area contributed by atoms with Gasteiger partial charge in [-0.2, -0.15) is 0 Å². The van der Waals surface area contributed by atoms with Crippen LogP contribution in [0.1, 0.15) is 0 Å². The van der Waals surface area contributed by atoms with Gasteiger partial charge < -0.3 is 4.57 Å². The molecule has 0 saturated heterocycles. The molecule has 9 aromatic rings. The van der Waals surface area contributed by atoms with Crippen molar-refractivity contribution in [3.05, 3.63) is 164 Å². The van der Waals surface area contributed by atoms with Gasteiger partial charge in [-0.25, -0.2) is 0 Å². The third-order valence-electron chi connectivity index (χ3n) is 8.95. The Hall–Kier alpha value is -5.66. The van der Waals surface area contributed by atoms with Crippen LogP contribution in [-0.2, 0) is 0 Å². The summed E-state index contributed by atoms with van der Waals surface area (Å²) in [7, 11) is 0. The Labute approximate surface area is 249 Å². The van der Waals surface area contributed by atoms with Crippen molar-refractivity contribution in [2.24, 2.45) is 0 Å². The number of hydrogen-bond acceptors (Lipinski definition) is 0. The first-order chi connectivity index (χ1) is 21.4. The van der Waals surface area contributed by atoms with Gasteiger partial charge in [0.15, 0.2) is 0 Å². The Balaban J connectivity index is 1.57. The van der Waals surface area contributed by atoms with Gasteiger partial charge in [0, 0.05) is 16.2 Å². The second-order valence-electron chi connectivity index (χ2n) is 11.3. The van der Waals surface area contributed by atoms with Crippen molar-refractivity contribution in [2.75, 3.05) is 0 Å². The van der Waals surface area contributed by atoms with Gasteiger partial charge in [0.1, 0.15) is 0 Å². The number of nitrogens with zero attached hydrogens (tertiary/aromatic N) is 1. The molecule has 0 saturated carbocycles. The summed E-state index contributed by atoms with van der Waals surface area (Å²) in [4.78, 5) is 0. The molecule has 0 amide bonds. The summed E-state index contributed by atoms with van der Waals surface area (Å²) in [5.41, 5.74) is 8.67. The molecular formula is C42H27N. The molecule has 9 rings (SSSR count). The van der Waals surface area contributed by atoms with E-state index in [0.29, 0.717) is 0 Å². The van der Waals surface area contributed by atoms with Gasteiger partial charge in [-0.3, -0.25) is 0 Å². The smallest absolute Gasteiger partial charge is 0.0547 e. The van der Waals surface area contributed by atoms with E-state index in [0.717, 1.165) is 0 Å². The molecule has 43 heavy (non-hydrogen) atoms. The van der Waals surface area contributed by atoms with E-state index < -0.39 is 0 Å². The lowest BCUT2D eigenvalue weighted by molar-refractivity contribution is 1.20.